The third kappa shape index (κ3) is 2.86. The average molecular weight is 397 g/mol. The summed E-state index contributed by atoms with van der Waals surface area (Å²) in [5.74, 6) is 0.654. The minimum atomic E-state index is -0.287. The predicted molar refractivity (Wildman–Crippen MR) is 105 cm³/mol. The van der Waals surface area contributed by atoms with Gasteiger partial charge in [0.05, 0.1) is 25.3 Å². The van der Waals surface area contributed by atoms with Gasteiger partial charge in [0.15, 0.2) is 0 Å². The summed E-state index contributed by atoms with van der Waals surface area (Å²) in [7, 11) is 3.14. The molecule has 7 heteroatoms. The molecule has 0 radical (unpaired) electrons. The van der Waals surface area contributed by atoms with Crippen molar-refractivity contribution in [1.29, 1.82) is 0 Å². The number of carbonyl (C=O) groups is 2. The Morgan fingerprint density at radius 1 is 0.964 bits per heavy atom. The molecule has 3 aromatic rings. The highest BCUT2D eigenvalue weighted by molar-refractivity contribution is 6.30. The zero-order valence-electron chi connectivity index (χ0n) is 15.4. The molecule has 0 atom stereocenters. The molecular formula is C21H17ClN2O4. The number of ether oxygens (including phenoxy) is 2. The predicted octanol–water partition coefficient (Wildman–Crippen LogP) is 3.74. The fourth-order valence-electron chi connectivity index (χ4n) is 3.42. The van der Waals surface area contributed by atoms with Gasteiger partial charge in [-0.3, -0.25) is 14.5 Å². The summed E-state index contributed by atoms with van der Waals surface area (Å²) in [5.41, 5.74) is 2.18. The van der Waals surface area contributed by atoms with E-state index in [-0.39, 0.29) is 18.4 Å². The van der Waals surface area contributed by atoms with Crippen molar-refractivity contribution in [2.24, 2.45) is 0 Å². The summed E-state index contributed by atoms with van der Waals surface area (Å²) in [6.07, 6.45) is 0.383. The van der Waals surface area contributed by atoms with E-state index in [0.29, 0.717) is 39.7 Å². The van der Waals surface area contributed by atoms with Crippen molar-refractivity contribution in [2.75, 3.05) is 20.8 Å². The third-order valence-electron chi connectivity index (χ3n) is 4.86. The van der Waals surface area contributed by atoms with Gasteiger partial charge in [0.2, 0.25) is 0 Å². The number of benzene rings is 2. The Labute approximate surface area is 166 Å². The number of hydrogen-bond acceptors (Lipinski definition) is 5. The Bertz CT molecular complexity index is 1080. The van der Waals surface area contributed by atoms with E-state index in [2.05, 4.69) is 4.98 Å². The van der Waals surface area contributed by atoms with Crippen LogP contribution in [0.1, 0.15) is 26.3 Å². The van der Waals surface area contributed by atoms with Crippen molar-refractivity contribution in [3.05, 3.63) is 64.3 Å². The minimum Gasteiger partial charge on any atom is -0.496 e. The zero-order valence-corrected chi connectivity index (χ0v) is 16.1. The highest BCUT2D eigenvalue weighted by atomic mass is 35.5. The van der Waals surface area contributed by atoms with Gasteiger partial charge >= 0.3 is 0 Å². The molecule has 1 aliphatic rings. The molecule has 4 rings (SSSR count). The number of aromatic nitrogens is 1. The highest BCUT2D eigenvalue weighted by Gasteiger charge is 2.34. The molecule has 2 heterocycles. The molecule has 0 saturated heterocycles. The molecule has 0 unspecified atom stereocenters. The van der Waals surface area contributed by atoms with Crippen LogP contribution >= 0.6 is 11.6 Å². The number of pyridine rings is 1. The van der Waals surface area contributed by atoms with Crippen LogP contribution in [0, 0.1) is 0 Å². The Kier molecular flexibility index (Phi) is 4.65. The van der Waals surface area contributed by atoms with Crippen LogP contribution in [0.2, 0.25) is 5.15 Å². The molecule has 1 aromatic heterocycles. The fraction of sp³-hybridized carbons (Fsp3) is 0.190. The van der Waals surface area contributed by atoms with Gasteiger partial charge < -0.3 is 9.47 Å². The highest BCUT2D eigenvalue weighted by Crippen LogP contribution is 2.34. The van der Waals surface area contributed by atoms with Gasteiger partial charge in [0.1, 0.15) is 22.2 Å². The smallest absolute Gasteiger partial charge is 0.261 e. The molecule has 2 amide bonds. The van der Waals surface area contributed by atoms with Gasteiger partial charge in [-0.25, -0.2) is 4.98 Å². The van der Waals surface area contributed by atoms with E-state index in [1.165, 1.54) is 4.90 Å². The number of nitrogens with zero attached hydrogens (tertiary/aromatic N) is 2. The summed E-state index contributed by atoms with van der Waals surface area (Å²) in [6, 6.07) is 12.3. The van der Waals surface area contributed by atoms with Crippen LogP contribution < -0.4 is 9.47 Å². The third-order valence-corrected chi connectivity index (χ3v) is 5.18. The van der Waals surface area contributed by atoms with Gasteiger partial charge in [-0.15, -0.1) is 0 Å². The lowest BCUT2D eigenvalue weighted by molar-refractivity contribution is 0.0656. The number of methoxy groups -OCH3 is 2. The quantitative estimate of drug-likeness (QED) is 0.485. The number of amides is 2. The first-order chi connectivity index (χ1) is 13.5. The van der Waals surface area contributed by atoms with Crippen LogP contribution in [0.25, 0.3) is 10.9 Å². The summed E-state index contributed by atoms with van der Waals surface area (Å²) < 4.78 is 10.8. The molecule has 0 aliphatic carbocycles. The van der Waals surface area contributed by atoms with E-state index < -0.39 is 0 Å². The molecule has 0 N–H and O–H groups in total. The zero-order chi connectivity index (χ0) is 19.8. The van der Waals surface area contributed by atoms with Crippen molar-refractivity contribution in [1.82, 2.24) is 9.88 Å². The van der Waals surface area contributed by atoms with E-state index in [0.717, 1.165) is 10.9 Å². The summed E-state index contributed by atoms with van der Waals surface area (Å²) in [6.45, 7) is 0.214. The van der Waals surface area contributed by atoms with E-state index in [9.17, 15) is 9.59 Å². The van der Waals surface area contributed by atoms with E-state index in [1.54, 1.807) is 50.6 Å². The molecule has 0 saturated carbocycles. The number of imide groups is 1. The van der Waals surface area contributed by atoms with Crippen molar-refractivity contribution >= 4 is 34.3 Å². The maximum absolute atomic E-state index is 12.5. The molecule has 0 spiro atoms. The van der Waals surface area contributed by atoms with E-state index in [1.807, 2.05) is 6.07 Å². The van der Waals surface area contributed by atoms with Crippen LogP contribution in [-0.4, -0.2) is 42.5 Å². The number of carbonyl (C=O) groups excluding carboxylic acids is 2. The number of rotatable bonds is 5. The first-order valence-corrected chi connectivity index (χ1v) is 9.08. The van der Waals surface area contributed by atoms with Crippen LogP contribution in [0.3, 0.4) is 0 Å². The molecule has 6 nitrogen and oxygen atoms in total. The summed E-state index contributed by atoms with van der Waals surface area (Å²) in [5, 5.41) is 1.05. The van der Waals surface area contributed by atoms with Gasteiger partial charge in [-0.1, -0.05) is 23.7 Å². The Balaban J connectivity index is 1.65. The first-order valence-electron chi connectivity index (χ1n) is 8.70. The van der Waals surface area contributed by atoms with Gasteiger partial charge in [0, 0.05) is 11.9 Å². The largest absolute Gasteiger partial charge is 0.496 e. The first kappa shape index (κ1) is 18.3. The molecule has 0 bridgehead atoms. The monoisotopic (exact) mass is 396 g/mol. The summed E-state index contributed by atoms with van der Waals surface area (Å²) >= 11 is 6.38. The molecule has 142 valence electrons. The summed E-state index contributed by atoms with van der Waals surface area (Å²) in [4.78, 5) is 30.8. The maximum atomic E-state index is 12.5. The van der Waals surface area contributed by atoms with E-state index >= 15 is 0 Å². The average Bonchev–Trinajstić information content (AvgIpc) is 2.96. The lowest BCUT2D eigenvalue weighted by Crippen LogP contribution is -2.31. The lowest BCUT2D eigenvalue weighted by atomic mass is 10.1. The lowest BCUT2D eigenvalue weighted by Gasteiger charge is -2.15. The topological polar surface area (TPSA) is 68.7 Å². The maximum Gasteiger partial charge on any atom is 0.261 e. The van der Waals surface area contributed by atoms with E-state index in [4.69, 9.17) is 21.1 Å². The van der Waals surface area contributed by atoms with Gasteiger partial charge in [0.25, 0.3) is 11.8 Å². The molecule has 28 heavy (non-hydrogen) atoms. The molecular weight excluding hydrogens is 380 g/mol. The van der Waals surface area contributed by atoms with Crippen LogP contribution in [0.5, 0.6) is 11.5 Å². The van der Waals surface area contributed by atoms with Crippen molar-refractivity contribution in [2.45, 2.75) is 6.42 Å². The van der Waals surface area contributed by atoms with Crippen molar-refractivity contribution in [3.63, 3.8) is 0 Å². The second kappa shape index (κ2) is 7.13. The number of hydrogen-bond donors (Lipinski definition) is 0. The Morgan fingerprint density at radius 2 is 1.57 bits per heavy atom. The SMILES string of the molecule is COc1ccc(OC)c2nc(Cl)c(CCN3C(=O)c4ccccc4C3=O)cc12. The minimum absolute atomic E-state index is 0.214. The van der Waals surface area contributed by atoms with Crippen LogP contribution in [0.15, 0.2) is 42.5 Å². The number of fused-ring (bicyclic) bond motifs is 2. The van der Waals surface area contributed by atoms with Crippen LogP contribution in [-0.2, 0) is 6.42 Å². The second-order valence-corrected chi connectivity index (χ2v) is 6.72. The molecule has 1 aliphatic heterocycles. The Hall–Kier alpha value is -3.12. The standard InChI is InChI=1S/C21H17ClN2O4/c1-27-16-7-8-17(28-2)18-15(16)11-12(19(22)23-18)9-10-24-20(25)13-5-3-4-6-14(13)21(24)26/h3-8,11H,9-10H2,1-2H3. The van der Waals surface area contributed by atoms with Gasteiger partial charge in [-0.05, 0) is 42.3 Å². The number of halogens is 1. The van der Waals surface area contributed by atoms with Crippen LogP contribution in [0.4, 0.5) is 0 Å². The van der Waals surface area contributed by atoms with Crippen molar-refractivity contribution < 1.29 is 19.1 Å². The fourth-order valence-corrected chi connectivity index (χ4v) is 3.65. The molecule has 2 aromatic carbocycles. The Morgan fingerprint density at radius 3 is 2.18 bits per heavy atom. The second-order valence-electron chi connectivity index (χ2n) is 6.36. The normalized spacial score (nSPS) is 13.2. The van der Waals surface area contributed by atoms with Gasteiger partial charge in [-0.2, -0.15) is 0 Å². The molecule has 0 fully saturated rings. The van der Waals surface area contributed by atoms with Crippen molar-refractivity contribution in [3.8, 4) is 11.5 Å².